The number of benzene rings is 2. The molecule has 0 unspecified atom stereocenters. The SMILES string of the molecule is Cc1ccc(S(=O)(=O)NCCc2nnc(NC(=O)/C=C/c3cccc([N+](=O)[O-])c3)s2)cc1. The lowest BCUT2D eigenvalue weighted by atomic mass is 10.2. The first kappa shape index (κ1) is 23.2. The second-order valence-electron chi connectivity index (χ2n) is 6.64. The summed E-state index contributed by atoms with van der Waals surface area (Å²) < 4.78 is 27.1. The van der Waals surface area contributed by atoms with Crippen LogP contribution in [0.5, 0.6) is 0 Å². The Balaban J connectivity index is 1.51. The van der Waals surface area contributed by atoms with Crippen molar-refractivity contribution >= 4 is 44.2 Å². The van der Waals surface area contributed by atoms with Crippen LogP contribution in [0.3, 0.4) is 0 Å². The highest BCUT2D eigenvalue weighted by molar-refractivity contribution is 7.89. The highest BCUT2D eigenvalue weighted by Gasteiger charge is 2.14. The third kappa shape index (κ3) is 6.51. The summed E-state index contributed by atoms with van der Waals surface area (Å²) in [4.78, 5) is 22.5. The molecule has 0 aliphatic carbocycles. The third-order valence-corrected chi connectivity index (χ3v) is 6.54. The second-order valence-corrected chi connectivity index (χ2v) is 9.47. The molecule has 0 atom stereocenters. The maximum Gasteiger partial charge on any atom is 0.270 e. The van der Waals surface area contributed by atoms with Crippen molar-refractivity contribution in [3.8, 4) is 0 Å². The summed E-state index contributed by atoms with van der Waals surface area (Å²) in [5.74, 6) is -0.473. The molecule has 12 heteroatoms. The molecule has 0 fully saturated rings. The van der Waals surface area contributed by atoms with Crippen LogP contribution in [0, 0.1) is 17.0 Å². The lowest BCUT2D eigenvalue weighted by Gasteiger charge is -2.05. The van der Waals surface area contributed by atoms with Gasteiger partial charge in [0.15, 0.2) is 0 Å². The van der Waals surface area contributed by atoms with Crippen molar-refractivity contribution in [3.05, 3.63) is 80.9 Å². The number of aromatic nitrogens is 2. The topological polar surface area (TPSA) is 144 Å². The maximum absolute atomic E-state index is 12.3. The zero-order valence-electron chi connectivity index (χ0n) is 16.9. The third-order valence-electron chi connectivity index (χ3n) is 4.17. The van der Waals surface area contributed by atoms with E-state index in [0.29, 0.717) is 17.0 Å². The molecule has 32 heavy (non-hydrogen) atoms. The summed E-state index contributed by atoms with van der Waals surface area (Å²) in [6, 6.07) is 12.4. The highest BCUT2D eigenvalue weighted by Crippen LogP contribution is 2.17. The van der Waals surface area contributed by atoms with E-state index in [1.54, 1.807) is 18.2 Å². The largest absolute Gasteiger partial charge is 0.297 e. The first-order chi connectivity index (χ1) is 15.2. The van der Waals surface area contributed by atoms with Crippen molar-refractivity contribution in [1.29, 1.82) is 0 Å². The molecule has 1 amide bonds. The number of amides is 1. The molecule has 0 saturated heterocycles. The quantitative estimate of drug-likeness (QED) is 0.276. The fraction of sp³-hybridized carbons (Fsp3) is 0.150. The van der Waals surface area contributed by atoms with Gasteiger partial charge in [-0.3, -0.25) is 20.2 Å². The summed E-state index contributed by atoms with van der Waals surface area (Å²) in [6.07, 6.45) is 2.99. The average Bonchev–Trinajstić information content (AvgIpc) is 3.19. The van der Waals surface area contributed by atoms with Gasteiger partial charge in [0, 0.05) is 31.2 Å². The van der Waals surface area contributed by atoms with Crippen LogP contribution in [0.15, 0.2) is 59.5 Å². The predicted molar refractivity (Wildman–Crippen MR) is 121 cm³/mol. The lowest BCUT2D eigenvalue weighted by molar-refractivity contribution is -0.384. The molecule has 0 aliphatic heterocycles. The number of nitrogens with zero attached hydrogens (tertiary/aromatic N) is 3. The summed E-state index contributed by atoms with van der Waals surface area (Å²) >= 11 is 1.13. The first-order valence-electron chi connectivity index (χ1n) is 9.35. The molecule has 0 radical (unpaired) electrons. The van der Waals surface area contributed by atoms with Gasteiger partial charge in [-0.2, -0.15) is 0 Å². The predicted octanol–water partition coefficient (Wildman–Crippen LogP) is 2.93. The van der Waals surface area contributed by atoms with Gasteiger partial charge in [-0.1, -0.05) is 41.2 Å². The Kier molecular flexibility index (Phi) is 7.41. The van der Waals surface area contributed by atoms with Gasteiger partial charge >= 0.3 is 0 Å². The number of hydrogen-bond donors (Lipinski definition) is 2. The van der Waals surface area contributed by atoms with E-state index in [9.17, 15) is 23.3 Å². The van der Waals surface area contributed by atoms with Crippen LogP contribution >= 0.6 is 11.3 Å². The molecule has 2 N–H and O–H groups in total. The van der Waals surface area contributed by atoms with E-state index in [1.807, 2.05) is 6.92 Å². The van der Waals surface area contributed by atoms with E-state index in [-0.39, 0.29) is 22.3 Å². The van der Waals surface area contributed by atoms with E-state index in [1.165, 1.54) is 42.5 Å². The number of rotatable bonds is 9. The summed E-state index contributed by atoms with van der Waals surface area (Å²) in [5.41, 5.74) is 1.40. The van der Waals surface area contributed by atoms with Gasteiger partial charge in [-0.05, 0) is 30.7 Å². The van der Waals surface area contributed by atoms with E-state index < -0.39 is 20.9 Å². The number of hydrogen-bond acceptors (Lipinski definition) is 8. The zero-order valence-corrected chi connectivity index (χ0v) is 18.5. The average molecular weight is 474 g/mol. The van der Waals surface area contributed by atoms with Crippen LogP contribution < -0.4 is 10.0 Å². The lowest BCUT2D eigenvalue weighted by Crippen LogP contribution is -2.25. The van der Waals surface area contributed by atoms with Crippen molar-refractivity contribution in [2.75, 3.05) is 11.9 Å². The first-order valence-corrected chi connectivity index (χ1v) is 11.7. The molecule has 0 aliphatic rings. The van der Waals surface area contributed by atoms with Gasteiger partial charge in [-0.15, -0.1) is 10.2 Å². The van der Waals surface area contributed by atoms with E-state index in [0.717, 1.165) is 16.9 Å². The molecule has 1 aromatic heterocycles. The molecule has 166 valence electrons. The normalized spacial score (nSPS) is 11.5. The van der Waals surface area contributed by atoms with Crippen LogP contribution in [0.1, 0.15) is 16.1 Å². The van der Waals surface area contributed by atoms with Gasteiger partial charge in [0.25, 0.3) is 5.69 Å². The Labute approximate surface area is 188 Å². The highest BCUT2D eigenvalue weighted by atomic mass is 32.2. The molecule has 2 aromatic carbocycles. The molecule has 3 aromatic rings. The van der Waals surface area contributed by atoms with Gasteiger partial charge < -0.3 is 0 Å². The number of anilines is 1. The van der Waals surface area contributed by atoms with Crippen LogP contribution in [0.25, 0.3) is 6.08 Å². The minimum absolute atomic E-state index is 0.0701. The number of nitro groups is 1. The molecule has 0 bridgehead atoms. The number of nitrogens with one attached hydrogen (secondary N) is 2. The summed E-state index contributed by atoms with van der Waals surface area (Å²) in [6.45, 7) is 2.00. The Morgan fingerprint density at radius 2 is 1.94 bits per heavy atom. The second kappa shape index (κ2) is 10.2. The zero-order chi connectivity index (χ0) is 23.1. The van der Waals surface area contributed by atoms with Crippen molar-refractivity contribution in [3.63, 3.8) is 0 Å². The smallest absolute Gasteiger partial charge is 0.270 e. The molecule has 0 spiro atoms. The van der Waals surface area contributed by atoms with E-state index >= 15 is 0 Å². The van der Waals surface area contributed by atoms with Crippen LogP contribution in [-0.2, 0) is 21.2 Å². The van der Waals surface area contributed by atoms with Crippen molar-refractivity contribution in [2.24, 2.45) is 0 Å². The Morgan fingerprint density at radius 1 is 1.19 bits per heavy atom. The summed E-state index contributed by atoms with van der Waals surface area (Å²) in [7, 11) is -3.62. The molecule has 10 nitrogen and oxygen atoms in total. The van der Waals surface area contributed by atoms with Crippen molar-refractivity contribution in [2.45, 2.75) is 18.2 Å². The number of nitro benzene ring substituents is 1. The van der Waals surface area contributed by atoms with Gasteiger partial charge in [-0.25, -0.2) is 13.1 Å². The Morgan fingerprint density at radius 3 is 2.66 bits per heavy atom. The molecular formula is C20H19N5O5S2. The molecular weight excluding hydrogens is 454 g/mol. The Bertz CT molecular complexity index is 1250. The number of carbonyl (C=O) groups excluding carboxylic acids is 1. The minimum atomic E-state index is -3.62. The summed E-state index contributed by atoms with van der Waals surface area (Å²) in [5, 5.41) is 22.0. The standard InChI is InChI=1S/C20H19N5O5S2/c1-14-5-8-17(9-6-14)32(29,30)21-12-11-19-23-24-20(31-19)22-18(26)10-7-15-3-2-4-16(13-15)25(27)28/h2-10,13,21H,11-12H2,1H3,(H,22,24,26)/b10-7+. The van der Waals surface area contributed by atoms with Crippen LogP contribution in [0.2, 0.25) is 0 Å². The van der Waals surface area contributed by atoms with E-state index in [4.69, 9.17) is 0 Å². The fourth-order valence-corrected chi connectivity index (χ4v) is 4.33. The van der Waals surface area contributed by atoms with Crippen LogP contribution in [0.4, 0.5) is 10.8 Å². The van der Waals surface area contributed by atoms with Crippen LogP contribution in [-0.4, -0.2) is 36.0 Å². The monoisotopic (exact) mass is 473 g/mol. The van der Waals surface area contributed by atoms with Crippen molar-refractivity contribution < 1.29 is 18.1 Å². The van der Waals surface area contributed by atoms with Gasteiger partial charge in [0.1, 0.15) is 5.01 Å². The molecule has 1 heterocycles. The number of aryl methyl sites for hydroxylation is 1. The minimum Gasteiger partial charge on any atom is -0.297 e. The molecule has 3 rings (SSSR count). The van der Waals surface area contributed by atoms with Crippen molar-refractivity contribution in [1.82, 2.24) is 14.9 Å². The maximum atomic E-state index is 12.3. The number of non-ortho nitro benzene ring substituents is 1. The molecule has 0 saturated carbocycles. The van der Waals surface area contributed by atoms with Gasteiger partial charge in [0.05, 0.1) is 9.82 Å². The van der Waals surface area contributed by atoms with E-state index in [2.05, 4.69) is 20.2 Å². The number of sulfonamides is 1. The number of carbonyl (C=O) groups is 1. The Hall–Kier alpha value is -3.48. The van der Waals surface area contributed by atoms with Gasteiger partial charge in [0.2, 0.25) is 21.1 Å². The fourth-order valence-electron chi connectivity index (χ4n) is 2.56.